The van der Waals surface area contributed by atoms with Crippen LogP contribution in [0.4, 0.5) is 0 Å². The summed E-state index contributed by atoms with van der Waals surface area (Å²) < 4.78 is 6.01. The van der Waals surface area contributed by atoms with Crippen molar-refractivity contribution in [2.75, 3.05) is 13.2 Å². The SMILES string of the molecule is c1ccc(-c2ccccc2OCC2CCCN2)cc1. The molecule has 0 radical (unpaired) electrons. The van der Waals surface area contributed by atoms with Gasteiger partial charge in [0.1, 0.15) is 12.4 Å². The molecule has 0 amide bonds. The van der Waals surface area contributed by atoms with Gasteiger partial charge in [-0.25, -0.2) is 0 Å². The number of para-hydroxylation sites is 1. The second-order valence-electron chi connectivity index (χ2n) is 4.97. The molecule has 1 heterocycles. The molecule has 1 N–H and O–H groups in total. The number of nitrogens with one attached hydrogen (secondary N) is 1. The summed E-state index contributed by atoms with van der Waals surface area (Å²) in [6, 6.07) is 19.2. The molecule has 19 heavy (non-hydrogen) atoms. The van der Waals surface area contributed by atoms with Gasteiger partial charge in [0.25, 0.3) is 0 Å². The van der Waals surface area contributed by atoms with Crippen molar-refractivity contribution in [2.45, 2.75) is 18.9 Å². The average molecular weight is 253 g/mol. The highest BCUT2D eigenvalue weighted by Crippen LogP contribution is 2.29. The van der Waals surface area contributed by atoms with Crippen LogP contribution >= 0.6 is 0 Å². The minimum Gasteiger partial charge on any atom is -0.491 e. The lowest BCUT2D eigenvalue weighted by atomic mass is 10.0. The lowest BCUT2D eigenvalue weighted by molar-refractivity contribution is 0.278. The van der Waals surface area contributed by atoms with E-state index in [1.165, 1.54) is 24.0 Å². The zero-order chi connectivity index (χ0) is 12.9. The lowest BCUT2D eigenvalue weighted by Gasteiger charge is -2.15. The molecule has 98 valence electrons. The first-order valence-electron chi connectivity index (χ1n) is 6.94. The maximum Gasteiger partial charge on any atom is 0.127 e. The summed E-state index contributed by atoms with van der Waals surface area (Å²) in [5, 5.41) is 3.46. The first-order chi connectivity index (χ1) is 9.43. The molecule has 2 nitrogen and oxygen atoms in total. The van der Waals surface area contributed by atoms with E-state index >= 15 is 0 Å². The van der Waals surface area contributed by atoms with E-state index in [9.17, 15) is 0 Å². The van der Waals surface area contributed by atoms with Gasteiger partial charge in [-0.1, -0.05) is 48.5 Å². The van der Waals surface area contributed by atoms with Gasteiger partial charge in [0.05, 0.1) is 0 Å². The Morgan fingerprint density at radius 2 is 1.79 bits per heavy atom. The smallest absolute Gasteiger partial charge is 0.127 e. The average Bonchev–Trinajstić information content (AvgIpc) is 3.00. The zero-order valence-corrected chi connectivity index (χ0v) is 11.0. The van der Waals surface area contributed by atoms with Gasteiger partial charge in [0.2, 0.25) is 0 Å². The second-order valence-corrected chi connectivity index (χ2v) is 4.97. The fourth-order valence-corrected chi connectivity index (χ4v) is 2.54. The van der Waals surface area contributed by atoms with Crippen molar-refractivity contribution in [1.82, 2.24) is 5.32 Å². The molecule has 2 heteroatoms. The van der Waals surface area contributed by atoms with E-state index in [0.717, 1.165) is 18.9 Å². The summed E-state index contributed by atoms with van der Waals surface area (Å²) in [6.07, 6.45) is 2.47. The topological polar surface area (TPSA) is 21.3 Å². The summed E-state index contributed by atoms with van der Waals surface area (Å²) in [6.45, 7) is 1.87. The molecule has 0 aromatic heterocycles. The van der Waals surface area contributed by atoms with Gasteiger partial charge in [0, 0.05) is 11.6 Å². The van der Waals surface area contributed by atoms with E-state index in [-0.39, 0.29) is 0 Å². The molecule has 2 aromatic carbocycles. The van der Waals surface area contributed by atoms with Crippen LogP contribution in [0.5, 0.6) is 5.75 Å². The predicted molar refractivity (Wildman–Crippen MR) is 78.4 cm³/mol. The van der Waals surface area contributed by atoms with Crippen molar-refractivity contribution in [3.05, 3.63) is 54.6 Å². The van der Waals surface area contributed by atoms with Crippen molar-refractivity contribution < 1.29 is 4.74 Å². The lowest BCUT2D eigenvalue weighted by Crippen LogP contribution is -2.28. The van der Waals surface area contributed by atoms with Crippen LogP contribution < -0.4 is 10.1 Å². The summed E-state index contributed by atoms with van der Waals surface area (Å²) in [4.78, 5) is 0. The second kappa shape index (κ2) is 5.89. The first kappa shape index (κ1) is 12.2. The summed E-state index contributed by atoms with van der Waals surface area (Å²) in [5.41, 5.74) is 2.37. The number of hydrogen-bond donors (Lipinski definition) is 1. The normalized spacial score (nSPS) is 18.4. The summed E-state index contributed by atoms with van der Waals surface area (Å²) in [5.74, 6) is 0.974. The Morgan fingerprint density at radius 1 is 1.00 bits per heavy atom. The van der Waals surface area contributed by atoms with Crippen LogP contribution in [0.25, 0.3) is 11.1 Å². The van der Waals surface area contributed by atoms with Crippen molar-refractivity contribution in [3.8, 4) is 16.9 Å². The minimum absolute atomic E-state index is 0.504. The molecule has 3 rings (SSSR count). The van der Waals surface area contributed by atoms with Crippen molar-refractivity contribution >= 4 is 0 Å². The van der Waals surface area contributed by atoms with Crippen molar-refractivity contribution in [1.29, 1.82) is 0 Å². The van der Waals surface area contributed by atoms with Gasteiger partial charge >= 0.3 is 0 Å². The van der Waals surface area contributed by atoms with Crippen LogP contribution in [0.15, 0.2) is 54.6 Å². The minimum atomic E-state index is 0.504. The van der Waals surface area contributed by atoms with Crippen molar-refractivity contribution in [2.24, 2.45) is 0 Å². The van der Waals surface area contributed by atoms with E-state index < -0.39 is 0 Å². The Bertz CT molecular complexity index is 518. The quantitative estimate of drug-likeness (QED) is 0.900. The van der Waals surface area contributed by atoms with Crippen LogP contribution in [-0.2, 0) is 0 Å². The third kappa shape index (κ3) is 2.96. The maximum absolute atomic E-state index is 6.01. The van der Waals surface area contributed by atoms with Crippen LogP contribution in [0.2, 0.25) is 0 Å². The number of hydrogen-bond acceptors (Lipinski definition) is 2. The van der Waals surface area contributed by atoms with E-state index in [4.69, 9.17) is 4.74 Å². The Morgan fingerprint density at radius 3 is 2.58 bits per heavy atom. The van der Waals surface area contributed by atoms with Crippen molar-refractivity contribution in [3.63, 3.8) is 0 Å². The van der Waals surface area contributed by atoms with Gasteiger partial charge in [-0.3, -0.25) is 0 Å². The van der Waals surface area contributed by atoms with Gasteiger partial charge in [0.15, 0.2) is 0 Å². The maximum atomic E-state index is 6.01. The Hall–Kier alpha value is -1.80. The predicted octanol–water partition coefficient (Wildman–Crippen LogP) is 3.48. The largest absolute Gasteiger partial charge is 0.491 e. The highest BCUT2D eigenvalue weighted by atomic mass is 16.5. The number of benzene rings is 2. The highest BCUT2D eigenvalue weighted by Gasteiger charge is 2.15. The molecule has 1 aliphatic heterocycles. The van der Waals surface area contributed by atoms with Crippen LogP contribution in [0.3, 0.4) is 0 Å². The molecule has 0 spiro atoms. The molecular formula is C17H19NO. The Kier molecular flexibility index (Phi) is 3.80. The molecule has 0 bridgehead atoms. The van der Waals surface area contributed by atoms with Crippen LogP contribution in [0, 0.1) is 0 Å². The summed E-state index contributed by atoms with van der Waals surface area (Å²) >= 11 is 0. The molecule has 2 aromatic rings. The van der Waals surface area contributed by atoms with Gasteiger partial charge in [-0.2, -0.15) is 0 Å². The molecule has 0 aliphatic carbocycles. The van der Waals surface area contributed by atoms with Crippen LogP contribution in [0.1, 0.15) is 12.8 Å². The first-order valence-corrected chi connectivity index (χ1v) is 6.94. The number of rotatable bonds is 4. The molecule has 1 unspecified atom stereocenters. The fourth-order valence-electron chi connectivity index (χ4n) is 2.54. The molecular weight excluding hydrogens is 234 g/mol. The Balaban J connectivity index is 1.77. The van der Waals surface area contributed by atoms with E-state index in [2.05, 4.69) is 47.8 Å². The fraction of sp³-hybridized carbons (Fsp3) is 0.294. The number of ether oxygens (including phenoxy) is 1. The van der Waals surface area contributed by atoms with E-state index in [1.54, 1.807) is 0 Å². The standard InChI is InChI=1S/C17H19NO/c1-2-7-14(8-3-1)16-10-4-5-11-17(16)19-13-15-9-6-12-18-15/h1-5,7-8,10-11,15,18H,6,9,12-13H2. The highest BCUT2D eigenvalue weighted by molar-refractivity contribution is 5.70. The monoisotopic (exact) mass is 253 g/mol. The molecule has 1 fully saturated rings. The van der Waals surface area contributed by atoms with Gasteiger partial charge in [-0.05, 0) is 31.0 Å². The zero-order valence-electron chi connectivity index (χ0n) is 11.0. The Labute approximate surface area is 114 Å². The molecule has 1 atom stereocenters. The third-order valence-electron chi connectivity index (χ3n) is 3.57. The van der Waals surface area contributed by atoms with Gasteiger partial charge in [-0.15, -0.1) is 0 Å². The summed E-state index contributed by atoms with van der Waals surface area (Å²) in [7, 11) is 0. The van der Waals surface area contributed by atoms with Crippen LogP contribution in [-0.4, -0.2) is 19.2 Å². The van der Waals surface area contributed by atoms with E-state index in [1.807, 2.05) is 12.1 Å². The van der Waals surface area contributed by atoms with Gasteiger partial charge < -0.3 is 10.1 Å². The molecule has 1 aliphatic rings. The van der Waals surface area contributed by atoms with E-state index in [0.29, 0.717) is 6.04 Å². The molecule has 1 saturated heterocycles. The molecule has 0 saturated carbocycles. The third-order valence-corrected chi connectivity index (χ3v) is 3.57.